The number of rotatable bonds is 7. The van der Waals surface area contributed by atoms with Gasteiger partial charge >= 0.3 is 6.03 Å². The zero-order valence-electron chi connectivity index (χ0n) is 16.4. The molecular weight excluding hydrogens is 368 g/mol. The van der Waals surface area contributed by atoms with E-state index in [4.69, 9.17) is 4.74 Å². The molecule has 2 amide bonds. The number of hydrogen-bond acceptors (Lipinski definition) is 5. The predicted molar refractivity (Wildman–Crippen MR) is 104 cm³/mol. The summed E-state index contributed by atoms with van der Waals surface area (Å²) in [4.78, 5) is 13.8. The first-order chi connectivity index (χ1) is 12.8. The molecule has 0 unspecified atom stereocenters. The van der Waals surface area contributed by atoms with E-state index >= 15 is 0 Å². The summed E-state index contributed by atoms with van der Waals surface area (Å²) in [5.74, 6) is 0.839. The maximum absolute atomic E-state index is 13.0. The summed E-state index contributed by atoms with van der Waals surface area (Å²) in [6.45, 7) is 3.76. The molecule has 1 aromatic carbocycles. The van der Waals surface area contributed by atoms with Gasteiger partial charge in [-0.1, -0.05) is 0 Å². The fourth-order valence-corrected chi connectivity index (χ4v) is 4.80. The smallest absolute Gasteiger partial charge is 0.314 e. The number of nitrogens with one attached hydrogen (secondary N) is 2. The van der Waals surface area contributed by atoms with Crippen LogP contribution in [0.2, 0.25) is 0 Å². The highest BCUT2D eigenvalue weighted by atomic mass is 32.2. The van der Waals surface area contributed by atoms with Crippen LogP contribution < -0.4 is 15.4 Å². The normalized spacial score (nSPS) is 21.1. The first-order valence-electron chi connectivity index (χ1n) is 9.14. The van der Waals surface area contributed by atoms with Crippen molar-refractivity contribution in [2.24, 2.45) is 5.92 Å². The number of piperidine rings is 1. The van der Waals surface area contributed by atoms with Crippen LogP contribution >= 0.6 is 0 Å². The Kier molecular flexibility index (Phi) is 7.46. The lowest BCUT2D eigenvalue weighted by atomic mass is 9.92. The van der Waals surface area contributed by atoms with Crippen LogP contribution in [0.1, 0.15) is 13.3 Å². The van der Waals surface area contributed by atoms with E-state index in [0.717, 1.165) is 0 Å². The molecule has 2 rings (SSSR count). The number of sulfonamides is 1. The van der Waals surface area contributed by atoms with Gasteiger partial charge in [0.25, 0.3) is 0 Å². The van der Waals surface area contributed by atoms with E-state index in [1.54, 1.807) is 31.3 Å². The van der Waals surface area contributed by atoms with Gasteiger partial charge in [-0.05, 0) is 57.6 Å². The number of likely N-dealkylation sites (N-methyl/N-ethyl adjacent to an activating group) is 1. The zero-order chi connectivity index (χ0) is 20.0. The summed E-state index contributed by atoms with van der Waals surface area (Å²) < 4.78 is 33.0. The first kappa shape index (κ1) is 21.5. The molecule has 152 valence electrons. The molecule has 9 heteroatoms. The number of benzene rings is 1. The van der Waals surface area contributed by atoms with Gasteiger partial charge in [-0.3, -0.25) is 0 Å². The molecule has 1 fully saturated rings. The molecule has 1 aliphatic heterocycles. The Bertz CT molecular complexity index is 721. The Morgan fingerprint density at radius 2 is 1.96 bits per heavy atom. The van der Waals surface area contributed by atoms with E-state index < -0.39 is 10.0 Å². The van der Waals surface area contributed by atoms with Gasteiger partial charge in [-0.15, -0.1) is 0 Å². The number of carbonyl (C=O) groups excluding carboxylic acids is 1. The van der Waals surface area contributed by atoms with Crippen molar-refractivity contribution in [1.29, 1.82) is 0 Å². The second-order valence-corrected chi connectivity index (χ2v) is 8.75. The minimum atomic E-state index is -3.57. The largest absolute Gasteiger partial charge is 0.494 e. The number of ether oxygens (including phenoxy) is 1. The van der Waals surface area contributed by atoms with Crippen molar-refractivity contribution in [3.05, 3.63) is 24.3 Å². The Balaban J connectivity index is 2.11. The summed E-state index contributed by atoms with van der Waals surface area (Å²) >= 11 is 0. The average Bonchev–Trinajstić information content (AvgIpc) is 2.66. The minimum Gasteiger partial charge on any atom is -0.494 e. The topological polar surface area (TPSA) is 91.0 Å². The monoisotopic (exact) mass is 398 g/mol. The standard InChI is InChI=1S/C18H30N4O4S/c1-5-26-15-6-8-16(9-7-15)27(24,25)22-11-10-14(12-20-18(23)19-2)17(13-22)21(3)4/h6-9,14,17H,5,10-13H2,1-4H3,(H2,19,20,23)/t14-,17-/m1/s1. The first-order valence-corrected chi connectivity index (χ1v) is 10.6. The molecular formula is C18H30N4O4S. The number of nitrogens with zero attached hydrogens (tertiary/aromatic N) is 2. The van der Waals surface area contributed by atoms with Crippen LogP contribution in [0.5, 0.6) is 5.75 Å². The Morgan fingerprint density at radius 1 is 1.30 bits per heavy atom. The zero-order valence-corrected chi connectivity index (χ0v) is 17.3. The number of carbonyl (C=O) groups is 1. The van der Waals surface area contributed by atoms with Gasteiger partial charge in [0.1, 0.15) is 5.75 Å². The third-order valence-corrected chi connectivity index (χ3v) is 6.75. The van der Waals surface area contributed by atoms with Crippen LogP contribution in [0.3, 0.4) is 0 Å². The summed E-state index contributed by atoms with van der Waals surface area (Å²) in [5, 5.41) is 5.37. The molecule has 0 saturated carbocycles. The van der Waals surface area contributed by atoms with Gasteiger partial charge in [0.05, 0.1) is 11.5 Å². The number of hydrogen-bond donors (Lipinski definition) is 2. The molecule has 1 aromatic rings. The third kappa shape index (κ3) is 5.33. The molecule has 1 heterocycles. The van der Waals surface area contributed by atoms with Crippen LogP contribution in [-0.4, -0.2) is 77.1 Å². The van der Waals surface area contributed by atoms with Crippen molar-refractivity contribution in [3.8, 4) is 5.75 Å². The average molecular weight is 399 g/mol. The van der Waals surface area contributed by atoms with E-state index in [-0.39, 0.29) is 22.9 Å². The highest BCUT2D eigenvalue weighted by Gasteiger charge is 2.36. The van der Waals surface area contributed by atoms with Crippen LogP contribution in [0.25, 0.3) is 0 Å². The number of urea groups is 1. The van der Waals surface area contributed by atoms with Gasteiger partial charge in [0, 0.05) is 32.7 Å². The summed E-state index contributed by atoms with van der Waals surface area (Å²) in [6.07, 6.45) is 0.684. The third-order valence-electron chi connectivity index (χ3n) is 4.87. The van der Waals surface area contributed by atoms with Gasteiger partial charge in [-0.25, -0.2) is 13.2 Å². The summed E-state index contributed by atoms with van der Waals surface area (Å²) in [6, 6.07) is 6.33. The van der Waals surface area contributed by atoms with Crippen LogP contribution in [0.15, 0.2) is 29.2 Å². The Morgan fingerprint density at radius 3 is 2.52 bits per heavy atom. The lowest BCUT2D eigenvalue weighted by Gasteiger charge is -2.41. The van der Waals surface area contributed by atoms with E-state index in [1.165, 1.54) is 4.31 Å². The highest BCUT2D eigenvalue weighted by molar-refractivity contribution is 7.89. The van der Waals surface area contributed by atoms with Gasteiger partial charge in [0.2, 0.25) is 10.0 Å². The highest BCUT2D eigenvalue weighted by Crippen LogP contribution is 2.27. The van der Waals surface area contributed by atoms with Crippen molar-refractivity contribution >= 4 is 16.1 Å². The molecule has 27 heavy (non-hydrogen) atoms. The SMILES string of the molecule is CCOc1ccc(S(=O)(=O)N2CC[C@H](CNC(=O)NC)[C@H](N(C)C)C2)cc1. The molecule has 0 radical (unpaired) electrons. The molecule has 1 saturated heterocycles. The molecule has 0 spiro atoms. The van der Waals surface area contributed by atoms with Crippen LogP contribution in [0.4, 0.5) is 4.79 Å². The second-order valence-electron chi connectivity index (χ2n) is 6.81. The molecule has 0 bridgehead atoms. The predicted octanol–water partition coefficient (Wildman–Crippen LogP) is 0.955. The van der Waals surface area contributed by atoms with Crippen molar-refractivity contribution in [2.45, 2.75) is 24.3 Å². The maximum Gasteiger partial charge on any atom is 0.314 e. The molecule has 0 aliphatic carbocycles. The van der Waals surface area contributed by atoms with Crippen molar-refractivity contribution < 1.29 is 17.9 Å². The van der Waals surface area contributed by atoms with E-state index in [9.17, 15) is 13.2 Å². The quantitative estimate of drug-likeness (QED) is 0.714. The van der Waals surface area contributed by atoms with Gasteiger partial charge in [-0.2, -0.15) is 4.31 Å². The Hall–Kier alpha value is -1.84. The van der Waals surface area contributed by atoms with E-state index in [2.05, 4.69) is 10.6 Å². The van der Waals surface area contributed by atoms with E-state index in [0.29, 0.717) is 38.4 Å². The lowest BCUT2D eigenvalue weighted by Crippen LogP contribution is -2.54. The fraction of sp³-hybridized carbons (Fsp3) is 0.611. The fourth-order valence-electron chi connectivity index (χ4n) is 3.33. The Labute approximate surface area is 161 Å². The second kappa shape index (κ2) is 9.38. The van der Waals surface area contributed by atoms with E-state index in [1.807, 2.05) is 25.9 Å². The molecule has 1 aliphatic rings. The molecule has 0 aromatic heterocycles. The molecule has 2 atom stereocenters. The van der Waals surface area contributed by atoms with Crippen molar-refractivity contribution in [2.75, 3.05) is 47.4 Å². The minimum absolute atomic E-state index is 0.0216. The van der Waals surface area contributed by atoms with Crippen molar-refractivity contribution in [3.63, 3.8) is 0 Å². The van der Waals surface area contributed by atoms with Crippen LogP contribution in [-0.2, 0) is 10.0 Å². The molecule has 2 N–H and O–H groups in total. The van der Waals surface area contributed by atoms with Gasteiger partial charge in [0.15, 0.2) is 0 Å². The van der Waals surface area contributed by atoms with Crippen LogP contribution in [0, 0.1) is 5.92 Å². The van der Waals surface area contributed by atoms with Gasteiger partial charge < -0.3 is 20.3 Å². The summed E-state index contributed by atoms with van der Waals surface area (Å²) in [7, 11) is 1.88. The summed E-state index contributed by atoms with van der Waals surface area (Å²) in [5.41, 5.74) is 0. The molecule has 8 nitrogen and oxygen atoms in total. The number of amides is 2. The lowest BCUT2D eigenvalue weighted by molar-refractivity contribution is 0.125. The maximum atomic E-state index is 13.0. The van der Waals surface area contributed by atoms with Crippen molar-refractivity contribution in [1.82, 2.24) is 19.8 Å².